The van der Waals surface area contributed by atoms with Crippen LogP contribution in [0.3, 0.4) is 0 Å². The Morgan fingerprint density at radius 3 is 2.46 bits per heavy atom. The van der Waals surface area contributed by atoms with E-state index in [0.29, 0.717) is 11.7 Å². The molecule has 0 fully saturated rings. The maximum absolute atomic E-state index is 10.9. The van der Waals surface area contributed by atoms with Gasteiger partial charge in [0.1, 0.15) is 0 Å². The number of hydrogen-bond acceptors (Lipinski definition) is 4. The largest absolute Gasteiger partial charge is 0.469 e. The number of thioether (sulfide) groups is 1. The number of rotatable bonds is 6. The smallest absolute Gasteiger partial charge is 0.306 e. The molecule has 0 aromatic heterocycles. The average molecular weight is 206 g/mol. The van der Waals surface area contributed by atoms with E-state index in [2.05, 4.69) is 4.74 Å². The first-order valence-electron chi connectivity index (χ1n) is 4.31. The van der Waals surface area contributed by atoms with Crippen LogP contribution in [-0.4, -0.2) is 37.3 Å². The molecule has 0 aliphatic heterocycles. The summed E-state index contributed by atoms with van der Waals surface area (Å²) in [5, 5.41) is 0.296. The van der Waals surface area contributed by atoms with Crippen LogP contribution in [0.2, 0.25) is 0 Å². The third kappa shape index (κ3) is 6.90. The summed E-state index contributed by atoms with van der Waals surface area (Å²) in [6.07, 6.45) is 0.711. The van der Waals surface area contributed by atoms with Crippen LogP contribution in [0.4, 0.5) is 0 Å². The zero-order valence-electron chi connectivity index (χ0n) is 8.70. The third-order valence-corrected chi connectivity index (χ3v) is 3.10. The lowest BCUT2D eigenvalue weighted by Gasteiger charge is -2.13. The lowest BCUT2D eigenvalue weighted by molar-refractivity contribution is -0.140. The zero-order valence-corrected chi connectivity index (χ0v) is 9.52. The molecule has 0 aromatic rings. The molecule has 0 saturated heterocycles. The molecule has 78 valence electrons. The van der Waals surface area contributed by atoms with E-state index in [1.54, 1.807) is 18.9 Å². The maximum atomic E-state index is 10.9. The van der Waals surface area contributed by atoms with E-state index in [1.165, 1.54) is 7.11 Å². The summed E-state index contributed by atoms with van der Waals surface area (Å²) in [5.41, 5.74) is 0. The maximum Gasteiger partial charge on any atom is 0.306 e. The van der Waals surface area contributed by atoms with Crippen molar-refractivity contribution >= 4 is 17.7 Å². The Bertz CT molecular complexity index is 150. The molecule has 0 bridgehead atoms. The predicted octanol–water partition coefficient (Wildman–Crippen LogP) is 1.71. The molecule has 4 heteroatoms. The summed E-state index contributed by atoms with van der Waals surface area (Å²) < 4.78 is 9.67. The van der Waals surface area contributed by atoms with Gasteiger partial charge in [-0.15, -0.1) is 0 Å². The van der Waals surface area contributed by atoms with Crippen molar-refractivity contribution in [2.75, 3.05) is 20.0 Å². The SMILES string of the molecule is COC(=O)CC(C)SCC(C)OC. The van der Waals surface area contributed by atoms with Crippen LogP contribution in [0.5, 0.6) is 0 Å². The zero-order chi connectivity index (χ0) is 10.3. The molecule has 3 nitrogen and oxygen atoms in total. The van der Waals surface area contributed by atoms with Crippen LogP contribution in [0.15, 0.2) is 0 Å². The number of ether oxygens (including phenoxy) is 2. The van der Waals surface area contributed by atoms with E-state index in [4.69, 9.17) is 4.74 Å². The molecule has 2 unspecified atom stereocenters. The third-order valence-electron chi connectivity index (χ3n) is 1.70. The topological polar surface area (TPSA) is 35.5 Å². The molecular formula is C9H18O3S. The highest BCUT2D eigenvalue weighted by Gasteiger charge is 2.10. The van der Waals surface area contributed by atoms with Crippen LogP contribution >= 0.6 is 11.8 Å². The molecular weight excluding hydrogens is 188 g/mol. The molecule has 0 N–H and O–H groups in total. The van der Waals surface area contributed by atoms with Gasteiger partial charge in [-0.05, 0) is 6.92 Å². The quantitative estimate of drug-likeness (QED) is 0.620. The summed E-state index contributed by atoms with van der Waals surface area (Å²) in [6.45, 7) is 4.03. The monoisotopic (exact) mass is 206 g/mol. The van der Waals surface area contributed by atoms with Crippen LogP contribution < -0.4 is 0 Å². The molecule has 0 aromatic carbocycles. The van der Waals surface area contributed by atoms with Gasteiger partial charge in [0, 0.05) is 18.1 Å². The van der Waals surface area contributed by atoms with Crippen molar-refractivity contribution in [2.45, 2.75) is 31.6 Å². The molecule has 2 atom stereocenters. The van der Waals surface area contributed by atoms with E-state index >= 15 is 0 Å². The number of hydrogen-bond donors (Lipinski definition) is 0. The van der Waals surface area contributed by atoms with Crippen molar-refractivity contribution in [1.29, 1.82) is 0 Å². The number of carbonyl (C=O) groups is 1. The Morgan fingerprint density at radius 1 is 1.38 bits per heavy atom. The predicted molar refractivity (Wildman–Crippen MR) is 55.0 cm³/mol. The second kappa shape index (κ2) is 7.21. The second-order valence-corrected chi connectivity index (χ2v) is 4.44. The Labute approximate surface area is 84.2 Å². The van der Waals surface area contributed by atoms with Gasteiger partial charge in [-0.3, -0.25) is 4.79 Å². The minimum Gasteiger partial charge on any atom is -0.469 e. The minimum atomic E-state index is -0.148. The number of carbonyl (C=O) groups excluding carboxylic acids is 1. The Balaban J connectivity index is 3.50. The molecule has 0 heterocycles. The molecule has 0 aliphatic carbocycles. The molecule has 0 spiro atoms. The lowest BCUT2D eigenvalue weighted by atomic mass is 10.3. The Hall–Kier alpha value is -0.220. The highest BCUT2D eigenvalue weighted by atomic mass is 32.2. The van der Waals surface area contributed by atoms with Crippen molar-refractivity contribution < 1.29 is 14.3 Å². The van der Waals surface area contributed by atoms with Gasteiger partial charge in [-0.2, -0.15) is 11.8 Å². The first-order chi connectivity index (χ1) is 6.10. The average Bonchev–Trinajstić information content (AvgIpc) is 2.13. The highest BCUT2D eigenvalue weighted by Crippen LogP contribution is 2.16. The fourth-order valence-corrected chi connectivity index (χ4v) is 1.73. The Kier molecular flexibility index (Phi) is 7.09. The van der Waals surface area contributed by atoms with Crippen molar-refractivity contribution in [3.63, 3.8) is 0 Å². The fourth-order valence-electron chi connectivity index (χ4n) is 0.745. The number of esters is 1. The van der Waals surface area contributed by atoms with Gasteiger partial charge < -0.3 is 9.47 Å². The lowest BCUT2D eigenvalue weighted by Crippen LogP contribution is -2.14. The normalized spacial score (nSPS) is 15.1. The molecule has 0 aliphatic rings. The van der Waals surface area contributed by atoms with Gasteiger partial charge in [-0.1, -0.05) is 6.92 Å². The first kappa shape index (κ1) is 12.8. The van der Waals surface area contributed by atoms with E-state index in [9.17, 15) is 4.79 Å². The molecule has 0 saturated carbocycles. The van der Waals surface area contributed by atoms with Crippen molar-refractivity contribution in [1.82, 2.24) is 0 Å². The first-order valence-corrected chi connectivity index (χ1v) is 5.36. The van der Waals surface area contributed by atoms with Crippen LogP contribution in [0.25, 0.3) is 0 Å². The fraction of sp³-hybridized carbons (Fsp3) is 0.889. The van der Waals surface area contributed by atoms with Gasteiger partial charge in [0.15, 0.2) is 0 Å². The van der Waals surface area contributed by atoms with Gasteiger partial charge in [-0.25, -0.2) is 0 Å². The van der Waals surface area contributed by atoms with Crippen molar-refractivity contribution in [3.8, 4) is 0 Å². The molecule has 13 heavy (non-hydrogen) atoms. The summed E-state index contributed by atoms with van der Waals surface area (Å²) in [7, 11) is 3.10. The molecule has 0 rings (SSSR count). The molecule has 0 radical (unpaired) electrons. The highest BCUT2D eigenvalue weighted by molar-refractivity contribution is 7.99. The van der Waals surface area contributed by atoms with Gasteiger partial charge in [0.2, 0.25) is 0 Å². The second-order valence-electron chi connectivity index (χ2n) is 2.97. The van der Waals surface area contributed by atoms with Crippen LogP contribution in [-0.2, 0) is 14.3 Å². The number of methoxy groups -OCH3 is 2. The van der Waals surface area contributed by atoms with E-state index in [-0.39, 0.29) is 12.1 Å². The van der Waals surface area contributed by atoms with Gasteiger partial charge >= 0.3 is 5.97 Å². The van der Waals surface area contributed by atoms with Crippen molar-refractivity contribution in [2.24, 2.45) is 0 Å². The van der Waals surface area contributed by atoms with Crippen molar-refractivity contribution in [3.05, 3.63) is 0 Å². The van der Waals surface area contributed by atoms with Gasteiger partial charge in [0.25, 0.3) is 0 Å². The van der Waals surface area contributed by atoms with Crippen LogP contribution in [0.1, 0.15) is 20.3 Å². The minimum absolute atomic E-state index is 0.148. The van der Waals surface area contributed by atoms with E-state index < -0.39 is 0 Å². The summed E-state index contributed by atoms with van der Waals surface area (Å²) >= 11 is 1.73. The van der Waals surface area contributed by atoms with E-state index in [0.717, 1.165) is 5.75 Å². The Morgan fingerprint density at radius 2 is 2.00 bits per heavy atom. The standard InChI is InChI=1S/C9H18O3S/c1-7(11-3)6-13-8(2)5-9(10)12-4/h7-8H,5-6H2,1-4H3. The molecule has 0 amide bonds. The summed E-state index contributed by atoms with van der Waals surface area (Å²) in [4.78, 5) is 10.9. The van der Waals surface area contributed by atoms with Crippen LogP contribution in [0, 0.1) is 0 Å². The van der Waals surface area contributed by atoms with Gasteiger partial charge in [0.05, 0.1) is 19.6 Å². The summed E-state index contributed by atoms with van der Waals surface area (Å²) in [6, 6.07) is 0. The van der Waals surface area contributed by atoms with E-state index in [1.807, 2.05) is 13.8 Å². The summed E-state index contributed by atoms with van der Waals surface area (Å²) in [5.74, 6) is 0.763.